The van der Waals surface area contributed by atoms with Gasteiger partial charge in [-0.1, -0.05) is 102 Å². The summed E-state index contributed by atoms with van der Waals surface area (Å²) in [5.41, 5.74) is 0. The molecule has 0 spiro atoms. The van der Waals surface area contributed by atoms with Crippen LogP contribution in [0.1, 0.15) is 90.9 Å². The van der Waals surface area contributed by atoms with Gasteiger partial charge in [0.15, 0.2) is 0 Å². The van der Waals surface area contributed by atoms with Crippen LogP contribution in [0.5, 0.6) is 0 Å². The van der Waals surface area contributed by atoms with E-state index in [9.17, 15) is 0 Å². The third-order valence-electron chi connectivity index (χ3n) is 6.95. The molecule has 4 atom stereocenters. The van der Waals surface area contributed by atoms with E-state index in [2.05, 4.69) is 38.1 Å². The summed E-state index contributed by atoms with van der Waals surface area (Å²) in [6.07, 6.45) is 17.0. The lowest BCUT2D eigenvalue weighted by atomic mass is 9.74. The Labute approximate surface area is 172 Å². The van der Waals surface area contributed by atoms with Crippen LogP contribution >= 0.6 is 0 Å². The Balaban J connectivity index is 0.000000311. The third-order valence-corrected chi connectivity index (χ3v) is 6.95. The Hall–Kier alpha value is -0.860. The monoisotopic (exact) mass is 386 g/mol. The molecule has 0 aromatic rings. The zero-order valence-corrected chi connectivity index (χ0v) is 18.3. The molecule has 2 heteroatoms. The Morgan fingerprint density at radius 1 is 0.750 bits per heavy atom. The summed E-state index contributed by atoms with van der Waals surface area (Å²) in [6, 6.07) is 8.48. The van der Waals surface area contributed by atoms with Gasteiger partial charge in [-0.05, 0) is 35.1 Å². The molecule has 1 aliphatic heterocycles. The van der Waals surface area contributed by atoms with Crippen LogP contribution in [0.15, 0.2) is 24.3 Å². The predicted molar refractivity (Wildman–Crippen MR) is 117 cm³/mol. The van der Waals surface area contributed by atoms with Gasteiger partial charge in [0.05, 0.1) is 25.4 Å². The molecule has 3 aliphatic carbocycles. The molecular formula is C26H42O2. The summed E-state index contributed by atoms with van der Waals surface area (Å²) in [4.78, 5) is 0. The molecule has 0 aromatic heterocycles. The highest BCUT2D eigenvalue weighted by atomic mass is 16.6. The number of ether oxygens (including phenoxy) is 2. The Kier molecular flexibility index (Phi) is 9.34. The molecule has 0 amide bonds. The van der Waals surface area contributed by atoms with Crippen molar-refractivity contribution < 1.29 is 9.47 Å². The molecule has 4 unspecified atom stereocenters. The molecule has 0 aromatic carbocycles. The number of rotatable bonds is 9. The molecule has 158 valence electrons. The minimum Gasteiger partial charge on any atom is -0.373 e. The zero-order valence-electron chi connectivity index (χ0n) is 18.3. The maximum absolute atomic E-state index is 6.26. The summed E-state index contributed by atoms with van der Waals surface area (Å²) < 4.78 is 12.4. The van der Waals surface area contributed by atoms with E-state index in [1.165, 1.54) is 87.5 Å². The fourth-order valence-corrected chi connectivity index (χ4v) is 5.07. The predicted octanol–water partition coefficient (Wildman–Crippen LogP) is 7.02. The number of unbranched alkanes of at least 4 members (excludes halogenated alkanes) is 4. The van der Waals surface area contributed by atoms with Crippen LogP contribution in [0.4, 0.5) is 0 Å². The second-order valence-electron chi connectivity index (χ2n) is 9.10. The Bertz CT molecular complexity index is 580. The normalized spacial score (nSPS) is 28.4. The van der Waals surface area contributed by atoms with Crippen LogP contribution in [0, 0.1) is 22.3 Å². The van der Waals surface area contributed by atoms with Crippen molar-refractivity contribution >= 4 is 0 Å². The Morgan fingerprint density at radius 3 is 2.04 bits per heavy atom. The average Bonchev–Trinajstić information content (AvgIpc) is 2.72. The molecule has 0 N–H and O–H groups in total. The standard InChI is InChI=1S/C20H38O2.C6H4/c1-3-5-6-7-8-13-18-15-22-20(16-21-18)19-14-10-9-12-17(19)11-4-2;1-2-6-4-3-5(1)6/h17-20H,3-16H2,1-2H3;1-4H. The average molecular weight is 387 g/mol. The van der Waals surface area contributed by atoms with Gasteiger partial charge in [0.1, 0.15) is 0 Å². The second-order valence-corrected chi connectivity index (χ2v) is 9.10. The fourth-order valence-electron chi connectivity index (χ4n) is 5.07. The maximum Gasteiger partial charge on any atom is 0.0840 e. The molecule has 2 nitrogen and oxygen atoms in total. The van der Waals surface area contributed by atoms with Gasteiger partial charge in [0.25, 0.3) is 0 Å². The minimum absolute atomic E-state index is 0.367. The van der Waals surface area contributed by atoms with Gasteiger partial charge < -0.3 is 9.47 Å². The van der Waals surface area contributed by atoms with E-state index in [4.69, 9.17) is 9.47 Å². The number of benzene rings is 1. The quantitative estimate of drug-likeness (QED) is 0.431. The molecule has 0 radical (unpaired) electrons. The van der Waals surface area contributed by atoms with Crippen molar-refractivity contribution in [2.45, 2.75) is 103 Å². The van der Waals surface area contributed by atoms with Gasteiger partial charge >= 0.3 is 0 Å². The molecular weight excluding hydrogens is 344 g/mol. The molecule has 0 bridgehead atoms. The van der Waals surface area contributed by atoms with Crippen LogP contribution in [0.3, 0.4) is 0 Å². The lowest BCUT2D eigenvalue weighted by Gasteiger charge is -2.40. The van der Waals surface area contributed by atoms with Crippen molar-refractivity contribution in [3.63, 3.8) is 0 Å². The van der Waals surface area contributed by atoms with Crippen LogP contribution in [0.25, 0.3) is 0 Å². The highest BCUT2D eigenvalue weighted by Gasteiger charge is 2.34. The van der Waals surface area contributed by atoms with Crippen LogP contribution in [-0.4, -0.2) is 25.4 Å². The summed E-state index contributed by atoms with van der Waals surface area (Å²) in [5.74, 6) is 1.65. The van der Waals surface area contributed by atoms with E-state index in [1.54, 1.807) is 0 Å². The summed E-state index contributed by atoms with van der Waals surface area (Å²) >= 11 is 0. The maximum atomic E-state index is 6.26. The molecule has 1 saturated heterocycles. The van der Waals surface area contributed by atoms with E-state index >= 15 is 0 Å². The van der Waals surface area contributed by atoms with Crippen LogP contribution in [-0.2, 0) is 9.47 Å². The first kappa shape index (κ1) is 21.8. The van der Waals surface area contributed by atoms with Crippen molar-refractivity contribution in [3.05, 3.63) is 34.7 Å². The van der Waals surface area contributed by atoms with Crippen LogP contribution < -0.4 is 0 Å². The Morgan fingerprint density at radius 2 is 1.46 bits per heavy atom. The largest absolute Gasteiger partial charge is 0.373 e. The second kappa shape index (κ2) is 12.0. The van der Waals surface area contributed by atoms with Crippen molar-refractivity contribution in [1.29, 1.82) is 0 Å². The van der Waals surface area contributed by atoms with Gasteiger partial charge in [0, 0.05) is 0 Å². The van der Waals surface area contributed by atoms with Crippen molar-refractivity contribution in [2.75, 3.05) is 13.2 Å². The highest BCUT2D eigenvalue weighted by molar-refractivity contribution is 5.22. The number of hydrogen-bond acceptors (Lipinski definition) is 2. The van der Waals surface area contributed by atoms with Crippen molar-refractivity contribution in [1.82, 2.24) is 0 Å². The molecule has 2 fully saturated rings. The summed E-state index contributed by atoms with van der Waals surface area (Å²) in [7, 11) is 0. The van der Waals surface area contributed by atoms with Gasteiger partial charge in [-0.25, -0.2) is 0 Å². The van der Waals surface area contributed by atoms with Gasteiger partial charge in [-0.3, -0.25) is 0 Å². The fraction of sp³-hybridized carbons (Fsp3) is 0.769. The SMILES string of the molecule is CCCCCCCC1COC(C2CCCCC2CCC)CO1.c1cc2ccc1=2. The smallest absolute Gasteiger partial charge is 0.0840 e. The first-order valence-corrected chi connectivity index (χ1v) is 12.2. The third kappa shape index (κ3) is 6.32. The molecule has 28 heavy (non-hydrogen) atoms. The topological polar surface area (TPSA) is 18.5 Å². The minimum atomic E-state index is 0.367. The van der Waals surface area contributed by atoms with E-state index in [0.717, 1.165) is 25.0 Å². The van der Waals surface area contributed by atoms with Crippen molar-refractivity contribution in [3.8, 4) is 0 Å². The van der Waals surface area contributed by atoms with E-state index in [-0.39, 0.29) is 0 Å². The molecule has 4 rings (SSSR count). The van der Waals surface area contributed by atoms with Gasteiger partial charge in [-0.15, -0.1) is 0 Å². The van der Waals surface area contributed by atoms with Gasteiger partial charge in [0.2, 0.25) is 0 Å². The van der Waals surface area contributed by atoms with E-state index in [1.807, 2.05) is 0 Å². The molecule has 4 aliphatic rings. The number of hydrogen-bond donors (Lipinski definition) is 0. The summed E-state index contributed by atoms with van der Waals surface area (Å²) in [5, 5.41) is 2.85. The first-order valence-electron chi connectivity index (χ1n) is 12.2. The van der Waals surface area contributed by atoms with Crippen LogP contribution in [0.2, 0.25) is 0 Å². The highest BCUT2D eigenvalue weighted by Crippen LogP contribution is 2.37. The first-order chi connectivity index (χ1) is 13.8. The zero-order chi connectivity index (χ0) is 19.6. The summed E-state index contributed by atoms with van der Waals surface area (Å²) in [6.45, 7) is 6.28. The van der Waals surface area contributed by atoms with E-state index in [0.29, 0.717) is 12.2 Å². The van der Waals surface area contributed by atoms with Gasteiger partial charge in [-0.2, -0.15) is 0 Å². The van der Waals surface area contributed by atoms with E-state index < -0.39 is 0 Å². The molecule has 1 heterocycles. The van der Waals surface area contributed by atoms with Crippen molar-refractivity contribution in [2.24, 2.45) is 11.8 Å². The lowest BCUT2D eigenvalue weighted by Crippen LogP contribution is -2.43. The molecule has 1 saturated carbocycles. The lowest BCUT2D eigenvalue weighted by molar-refractivity contribution is -0.163.